The van der Waals surface area contributed by atoms with Crippen molar-refractivity contribution in [2.45, 2.75) is 6.54 Å². The zero-order valence-corrected chi connectivity index (χ0v) is 13.1. The Kier molecular flexibility index (Phi) is 4.65. The standard InChI is InChI=1S/C13H9Br2ClFN/c14-10-5-8(1-3-12(10)16)7-18-13-4-2-9(17)6-11(13)15/h1-6,18H,7H2. The monoisotopic (exact) mass is 391 g/mol. The van der Waals surface area contributed by atoms with Gasteiger partial charge in [-0.25, -0.2) is 4.39 Å². The van der Waals surface area contributed by atoms with Crippen LogP contribution in [-0.4, -0.2) is 0 Å². The number of hydrogen-bond acceptors (Lipinski definition) is 1. The molecule has 5 heteroatoms. The molecule has 0 spiro atoms. The van der Waals surface area contributed by atoms with E-state index >= 15 is 0 Å². The second-order valence-electron chi connectivity index (χ2n) is 3.73. The smallest absolute Gasteiger partial charge is 0.124 e. The molecule has 0 aliphatic heterocycles. The summed E-state index contributed by atoms with van der Waals surface area (Å²) in [7, 11) is 0. The SMILES string of the molecule is Fc1ccc(NCc2ccc(Cl)c(Br)c2)c(Br)c1. The van der Waals surface area contributed by atoms with E-state index in [-0.39, 0.29) is 5.82 Å². The number of halogens is 4. The first-order chi connectivity index (χ1) is 8.56. The first kappa shape index (κ1) is 13.8. The maximum absolute atomic E-state index is 12.9. The molecular weight excluding hydrogens is 384 g/mol. The van der Waals surface area contributed by atoms with Crippen molar-refractivity contribution in [3.63, 3.8) is 0 Å². The van der Waals surface area contributed by atoms with Gasteiger partial charge >= 0.3 is 0 Å². The summed E-state index contributed by atoms with van der Waals surface area (Å²) >= 11 is 12.6. The first-order valence-corrected chi connectivity index (χ1v) is 7.15. The Hall–Kier alpha value is -0.580. The van der Waals surface area contributed by atoms with Crippen LogP contribution >= 0.6 is 43.5 Å². The molecule has 2 aromatic rings. The van der Waals surface area contributed by atoms with Crippen molar-refractivity contribution in [2.75, 3.05) is 5.32 Å². The van der Waals surface area contributed by atoms with Crippen molar-refractivity contribution in [3.8, 4) is 0 Å². The number of hydrogen-bond donors (Lipinski definition) is 1. The van der Waals surface area contributed by atoms with Crippen molar-refractivity contribution in [1.29, 1.82) is 0 Å². The number of anilines is 1. The van der Waals surface area contributed by atoms with E-state index in [9.17, 15) is 4.39 Å². The van der Waals surface area contributed by atoms with E-state index in [2.05, 4.69) is 37.2 Å². The normalized spacial score (nSPS) is 10.4. The Labute approximate surface area is 127 Å². The third kappa shape index (κ3) is 3.46. The highest BCUT2D eigenvalue weighted by Crippen LogP contribution is 2.26. The summed E-state index contributed by atoms with van der Waals surface area (Å²) in [6.45, 7) is 0.639. The predicted molar refractivity (Wildman–Crippen MR) is 80.6 cm³/mol. The molecule has 0 amide bonds. The van der Waals surface area contributed by atoms with Crippen molar-refractivity contribution in [1.82, 2.24) is 0 Å². The van der Waals surface area contributed by atoms with Crippen LogP contribution in [0.25, 0.3) is 0 Å². The number of nitrogens with one attached hydrogen (secondary N) is 1. The van der Waals surface area contributed by atoms with Crippen molar-refractivity contribution >= 4 is 49.1 Å². The molecule has 0 bridgehead atoms. The summed E-state index contributed by atoms with van der Waals surface area (Å²) in [6.07, 6.45) is 0. The average Bonchev–Trinajstić information content (AvgIpc) is 2.32. The van der Waals surface area contributed by atoms with Gasteiger partial charge in [0.1, 0.15) is 5.82 Å². The summed E-state index contributed by atoms with van der Waals surface area (Å²) in [4.78, 5) is 0. The Balaban J connectivity index is 2.09. The van der Waals surface area contributed by atoms with Crippen molar-refractivity contribution in [3.05, 3.63) is 61.7 Å². The molecule has 2 aromatic carbocycles. The molecule has 1 nitrogen and oxygen atoms in total. The molecule has 0 heterocycles. The summed E-state index contributed by atoms with van der Waals surface area (Å²) in [6, 6.07) is 10.3. The van der Waals surface area contributed by atoms with Gasteiger partial charge in [-0.3, -0.25) is 0 Å². The average molecular weight is 393 g/mol. The molecule has 0 aromatic heterocycles. The number of rotatable bonds is 3. The molecule has 0 unspecified atom stereocenters. The minimum Gasteiger partial charge on any atom is -0.380 e. The first-order valence-electron chi connectivity index (χ1n) is 5.19. The van der Waals surface area contributed by atoms with Crippen LogP contribution in [0.3, 0.4) is 0 Å². The third-order valence-electron chi connectivity index (χ3n) is 2.40. The maximum atomic E-state index is 12.9. The Morgan fingerprint density at radius 1 is 1.06 bits per heavy atom. The van der Waals surface area contributed by atoms with Gasteiger partial charge in [0.05, 0.1) is 5.02 Å². The van der Waals surface area contributed by atoms with E-state index in [1.165, 1.54) is 12.1 Å². The molecule has 1 N–H and O–H groups in total. The molecule has 0 fully saturated rings. The fraction of sp³-hybridized carbons (Fsp3) is 0.0769. The second kappa shape index (κ2) is 6.04. The van der Waals surface area contributed by atoms with E-state index < -0.39 is 0 Å². The number of benzene rings is 2. The quantitative estimate of drug-likeness (QED) is 0.714. The second-order valence-corrected chi connectivity index (χ2v) is 5.84. The van der Waals surface area contributed by atoms with Gasteiger partial charge in [-0.05, 0) is 67.8 Å². The zero-order chi connectivity index (χ0) is 13.1. The van der Waals surface area contributed by atoms with Gasteiger partial charge in [0.2, 0.25) is 0 Å². The minimum atomic E-state index is -0.262. The molecule has 0 aliphatic carbocycles. The summed E-state index contributed by atoms with van der Waals surface area (Å²) in [5.74, 6) is -0.262. The fourth-order valence-corrected chi connectivity index (χ4v) is 2.51. The van der Waals surface area contributed by atoms with E-state index in [0.29, 0.717) is 16.0 Å². The molecule has 2 rings (SSSR count). The van der Waals surface area contributed by atoms with Crippen molar-refractivity contribution < 1.29 is 4.39 Å². The van der Waals surface area contributed by atoms with Gasteiger partial charge < -0.3 is 5.32 Å². The lowest BCUT2D eigenvalue weighted by Gasteiger charge is -2.09. The Morgan fingerprint density at radius 3 is 2.50 bits per heavy atom. The molecular formula is C13H9Br2ClFN. The van der Waals surface area contributed by atoms with E-state index in [1.54, 1.807) is 6.07 Å². The zero-order valence-electron chi connectivity index (χ0n) is 9.18. The van der Waals surface area contributed by atoms with E-state index in [1.807, 2.05) is 18.2 Å². The lowest BCUT2D eigenvalue weighted by Crippen LogP contribution is -2.00. The van der Waals surface area contributed by atoms with Crippen LogP contribution in [0.5, 0.6) is 0 Å². The minimum absolute atomic E-state index is 0.262. The van der Waals surface area contributed by atoms with Crippen LogP contribution in [0.15, 0.2) is 45.3 Å². The molecule has 0 atom stereocenters. The molecule has 0 saturated heterocycles. The highest BCUT2D eigenvalue weighted by Gasteiger charge is 2.02. The Morgan fingerprint density at radius 2 is 1.83 bits per heavy atom. The summed E-state index contributed by atoms with van der Waals surface area (Å²) in [5, 5.41) is 3.91. The highest BCUT2D eigenvalue weighted by molar-refractivity contribution is 9.11. The van der Waals surface area contributed by atoms with Crippen LogP contribution < -0.4 is 5.32 Å². The van der Waals surface area contributed by atoms with Crippen LogP contribution in [0.1, 0.15) is 5.56 Å². The van der Waals surface area contributed by atoms with Gasteiger partial charge in [-0.2, -0.15) is 0 Å². The van der Waals surface area contributed by atoms with Crippen LogP contribution in [-0.2, 0) is 6.54 Å². The topological polar surface area (TPSA) is 12.0 Å². The van der Waals surface area contributed by atoms with E-state index in [0.717, 1.165) is 15.7 Å². The third-order valence-corrected chi connectivity index (χ3v) is 4.27. The lowest BCUT2D eigenvalue weighted by atomic mass is 10.2. The van der Waals surface area contributed by atoms with Gasteiger partial charge in [0.15, 0.2) is 0 Å². The predicted octanol–water partition coefficient (Wildman–Crippen LogP) is 5.62. The van der Waals surface area contributed by atoms with Crippen molar-refractivity contribution in [2.24, 2.45) is 0 Å². The lowest BCUT2D eigenvalue weighted by molar-refractivity contribution is 0.627. The van der Waals surface area contributed by atoms with E-state index in [4.69, 9.17) is 11.6 Å². The summed E-state index contributed by atoms with van der Waals surface area (Å²) < 4.78 is 14.5. The fourth-order valence-electron chi connectivity index (χ4n) is 1.48. The van der Waals surface area contributed by atoms with Crippen LogP contribution in [0, 0.1) is 5.82 Å². The molecule has 0 saturated carbocycles. The van der Waals surface area contributed by atoms with Gasteiger partial charge in [0, 0.05) is 21.2 Å². The largest absolute Gasteiger partial charge is 0.380 e. The molecule has 0 aliphatic rings. The Bertz CT molecular complexity index is 575. The van der Waals surface area contributed by atoms with Gasteiger partial charge in [-0.15, -0.1) is 0 Å². The van der Waals surface area contributed by atoms with Gasteiger partial charge in [-0.1, -0.05) is 17.7 Å². The summed E-state index contributed by atoms with van der Waals surface area (Å²) in [5.41, 5.74) is 1.94. The maximum Gasteiger partial charge on any atom is 0.124 e. The molecule has 94 valence electrons. The molecule has 18 heavy (non-hydrogen) atoms. The molecule has 0 radical (unpaired) electrons. The highest BCUT2D eigenvalue weighted by atomic mass is 79.9. The van der Waals surface area contributed by atoms with Crippen LogP contribution in [0.4, 0.5) is 10.1 Å². The van der Waals surface area contributed by atoms with Gasteiger partial charge in [0.25, 0.3) is 0 Å². The van der Waals surface area contributed by atoms with Crippen LogP contribution in [0.2, 0.25) is 5.02 Å².